The monoisotopic (exact) mass is 765 g/mol. The number of hydrogen-bond acceptors (Lipinski definition) is 4. The van der Waals surface area contributed by atoms with Crippen LogP contribution < -0.4 is 9.13 Å². The highest BCUT2D eigenvalue weighted by Gasteiger charge is 2.41. The zero-order valence-corrected chi connectivity index (χ0v) is 34.9. The molecule has 304 valence electrons. The van der Waals surface area contributed by atoms with Crippen molar-refractivity contribution < 1.29 is 28.2 Å². The number of pyridine rings is 2. The Balaban J connectivity index is 1.53. The number of esters is 2. The molecule has 3 aromatic rings. The standard InChI is InChI=1S/C50H72N2O4/c1-3-5-7-9-11-13-15-17-19-30-38-55-49(53)47-44(41-51-34-26-22-27-35-51)40-45(42-52-36-28-23-29-37-52)48(46(47)43-32-24-21-25-33-43)50(54)56-39-31-20-18-16-14-12-10-8-6-4-2/h21-29,32-37,46H,3-20,30-31,38-42H2,1-2H3/q+2. The van der Waals surface area contributed by atoms with Crippen LogP contribution in [0.15, 0.2) is 114 Å². The molecule has 1 aromatic carbocycles. The molecule has 0 spiro atoms. The molecular formula is C50H72N2O4+2. The lowest BCUT2D eigenvalue weighted by Crippen LogP contribution is -2.40. The highest BCUT2D eigenvalue weighted by Crippen LogP contribution is 2.43. The molecule has 6 heteroatoms. The molecule has 2 heterocycles. The van der Waals surface area contributed by atoms with Crippen molar-refractivity contribution in [3.8, 4) is 0 Å². The molecule has 2 aromatic heterocycles. The molecule has 0 saturated heterocycles. The maximum absolute atomic E-state index is 14.5. The minimum Gasteiger partial charge on any atom is -0.462 e. The zero-order valence-electron chi connectivity index (χ0n) is 34.9. The zero-order chi connectivity index (χ0) is 39.5. The van der Waals surface area contributed by atoms with Gasteiger partial charge in [0.05, 0.1) is 24.4 Å². The largest absolute Gasteiger partial charge is 0.462 e. The fourth-order valence-electron chi connectivity index (χ4n) is 7.97. The number of ether oxygens (including phenoxy) is 2. The van der Waals surface area contributed by atoms with Gasteiger partial charge in [-0.1, -0.05) is 172 Å². The molecule has 0 unspecified atom stereocenters. The average molecular weight is 765 g/mol. The number of carbonyl (C=O) groups is 2. The molecule has 0 aliphatic heterocycles. The van der Waals surface area contributed by atoms with E-state index >= 15 is 0 Å². The van der Waals surface area contributed by atoms with Crippen molar-refractivity contribution in [1.82, 2.24) is 0 Å². The van der Waals surface area contributed by atoms with E-state index in [0.717, 1.165) is 55.2 Å². The van der Waals surface area contributed by atoms with Crippen molar-refractivity contribution in [2.24, 2.45) is 0 Å². The predicted molar refractivity (Wildman–Crippen MR) is 227 cm³/mol. The normalized spacial score (nSPS) is 13.3. The van der Waals surface area contributed by atoms with E-state index in [2.05, 4.69) is 23.0 Å². The maximum Gasteiger partial charge on any atom is 0.335 e. The van der Waals surface area contributed by atoms with Gasteiger partial charge in [-0.05, 0) is 18.4 Å². The van der Waals surface area contributed by atoms with Gasteiger partial charge in [0.25, 0.3) is 0 Å². The van der Waals surface area contributed by atoms with E-state index in [4.69, 9.17) is 9.47 Å². The Kier molecular flexibility index (Phi) is 21.9. The van der Waals surface area contributed by atoms with Gasteiger partial charge in [0.2, 0.25) is 0 Å². The highest BCUT2D eigenvalue weighted by atomic mass is 16.5. The summed E-state index contributed by atoms with van der Waals surface area (Å²) < 4.78 is 16.5. The molecular weight excluding hydrogens is 693 g/mol. The second-order valence-corrected chi connectivity index (χ2v) is 15.8. The summed E-state index contributed by atoms with van der Waals surface area (Å²) in [4.78, 5) is 28.9. The number of hydrogen-bond donors (Lipinski definition) is 0. The first-order valence-electron chi connectivity index (χ1n) is 22.3. The third-order valence-electron chi connectivity index (χ3n) is 11.1. The summed E-state index contributed by atoms with van der Waals surface area (Å²) in [5, 5.41) is 0. The first-order chi connectivity index (χ1) is 27.6. The van der Waals surface area contributed by atoms with Crippen LogP contribution in [-0.2, 0) is 32.2 Å². The van der Waals surface area contributed by atoms with Crippen LogP contribution in [0.4, 0.5) is 0 Å². The Bertz CT molecular complexity index is 1490. The number of rotatable bonds is 29. The van der Waals surface area contributed by atoms with Crippen LogP contribution >= 0.6 is 0 Å². The van der Waals surface area contributed by atoms with Crippen LogP contribution in [0.5, 0.6) is 0 Å². The molecule has 4 rings (SSSR count). The molecule has 1 aliphatic carbocycles. The lowest BCUT2D eigenvalue weighted by molar-refractivity contribution is -0.691. The second kappa shape index (κ2) is 27.5. The summed E-state index contributed by atoms with van der Waals surface area (Å²) in [5.41, 5.74) is 4.00. The Morgan fingerprint density at radius 2 is 0.821 bits per heavy atom. The van der Waals surface area contributed by atoms with E-state index in [0.29, 0.717) is 43.9 Å². The quantitative estimate of drug-likeness (QED) is 0.0401. The van der Waals surface area contributed by atoms with Crippen LogP contribution in [0.2, 0.25) is 0 Å². The molecule has 0 bridgehead atoms. The van der Waals surface area contributed by atoms with Crippen LogP contribution in [0.25, 0.3) is 0 Å². The Morgan fingerprint density at radius 1 is 0.482 bits per heavy atom. The topological polar surface area (TPSA) is 60.4 Å². The Hall–Kier alpha value is -4.06. The summed E-state index contributed by atoms with van der Waals surface area (Å²) in [6.45, 7) is 6.32. The SMILES string of the molecule is CCCCCCCCCCCCOC(=O)C1=C(C[n+]2ccccc2)CC(C[n+]2ccccc2)=C(C(=O)OCCCCCCCCCCCC)C1c1ccccc1. The van der Waals surface area contributed by atoms with E-state index < -0.39 is 5.92 Å². The van der Waals surface area contributed by atoms with Gasteiger partial charge in [0.15, 0.2) is 37.9 Å². The summed E-state index contributed by atoms with van der Waals surface area (Å²) in [5.74, 6) is -1.25. The Morgan fingerprint density at radius 3 is 1.20 bits per heavy atom. The lowest BCUT2D eigenvalue weighted by Gasteiger charge is -2.30. The molecule has 0 fully saturated rings. The number of benzene rings is 1. The van der Waals surface area contributed by atoms with Crippen molar-refractivity contribution in [3.63, 3.8) is 0 Å². The second-order valence-electron chi connectivity index (χ2n) is 15.8. The first-order valence-corrected chi connectivity index (χ1v) is 22.3. The van der Waals surface area contributed by atoms with E-state index in [9.17, 15) is 9.59 Å². The molecule has 0 atom stereocenters. The van der Waals surface area contributed by atoms with Crippen LogP contribution in [0.1, 0.15) is 160 Å². The summed E-state index contributed by atoms with van der Waals surface area (Å²) in [6.07, 6.45) is 33.0. The van der Waals surface area contributed by atoms with Gasteiger partial charge >= 0.3 is 11.9 Å². The molecule has 1 aliphatic rings. The van der Waals surface area contributed by atoms with Gasteiger partial charge in [0, 0.05) is 47.8 Å². The third-order valence-corrected chi connectivity index (χ3v) is 11.1. The van der Waals surface area contributed by atoms with Gasteiger partial charge in [-0.2, -0.15) is 0 Å². The van der Waals surface area contributed by atoms with Gasteiger partial charge in [0.1, 0.15) is 0 Å². The molecule has 0 radical (unpaired) electrons. The van der Waals surface area contributed by atoms with E-state index in [1.807, 2.05) is 91.5 Å². The van der Waals surface area contributed by atoms with Crippen molar-refractivity contribution in [2.45, 2.75) is 168 Å². The van der Waals surface area contributed by atoms with Crippen LogP contribution in [0.3, 0.4) is 0 Å². The smallest absolute Gasteiger partial charge is 0.335 e. The van der Waals surface area contributed by atoms with Crippen molar-refractivity contribution in [1.29, 1.82) is 0 Å². The van der Waals surface area contributed by atoms with Crippen molar-refractivity contribution in [3.05, 3.63) is 119 Å². The van der Waals surface area contributed by atoms with Gasteiger partial charge < -0.3 is 9.47 Å². The minimum atomic E-state index is -0.594. The number of allylic oxidation sites excluding steroid dienone is 2. The fraction of sp³-hybridized carbons (Fsp3) is 0.560. The number of nitrogens with zero attached hydrogens (tertiary/aromatic N) is 2. The maximum atomic E-state index is 14.5. The van der Waals surface area contributed by atoms with E-state index in [-0.39, 0.29) is 11.9 Å². The van der Waals surface area contributed by atoms with Crippen LogP contribution in [-0.4, -0.2) is 25.2 Å². The predicted octanol–water partition coefficient (Wildman–Crippen LogP) is 11.7. The molecule has 0 amide bonds. The van der Waals surface area contributed by atoms with Crippen molar-refractivity contribution >= 4 is 11.9 Å². The summed E-state index contributed by atoms with van der Waals surface area (Å²) >= 11 is 0. The minimum absolute atomic E-state index is 0.326. The molecule has 56 heavy (non-hydrogen) atoms. The summed E-state index contributed by atoms with van der Waals surface area (Å²) in [6, 6.07) is 22.0. The van der Waals surface area contributed by atoms with E-state index in [1.165, 1.54) is 89.9 Å². The Labute approximate surface area is 339 Å². The highest BCUT2D eigenvalue weighted by molar-refractivity contribution is 6.00. The first kappa shape index (κ1) is 44.7. The number of carbonyl (C=O) groups excluding carboxylic acids is 2. The fourth-order valence-corrected chi connectivity index (χ4v) is 7.97. The molecule has 0 saturated carbocycles. The lowest BCUT2D eigenvalue weighted by atomic mass is 9.74. The van der Waals surface area contributed by atoms with E-state index in [1.54, 1.807) is 0 Å². The van der Waals surface area contributed by atoms with Gasteiger partial charge in [-0.15, -0.1) is 0 Å². The van der Waals surface area contributed by atoms with Gasteiger partial charge in [-0.25, -0.2) is 18.7 Å². The number of aromatic nitrogens is 2. The average Bonchev–Trinajstić information content (AvgIpc) is 3.22. The van der Waals surface area contributed by atoms with Crippen LogP contribution in [0, 0.1) is 0 Å². The van der Waals surface area contributed by atoms with Gasteiger partial charge in [-0.3, -0.25) is 0 Å². The number of unbranched alkanes of at least 4 members (excludes halogenated alkanes) is 18. The molecule has 0 N–H and O–H groups in total. The van der Waals surface area contributed by atoms with Crippen molar-refractivity contribution in [2.75, 3.05) is 13.2 Å². The molecule has 6 nitrogen and oxygen atoms in total. The third kappa shape index (κ3) is 16.2. The summed E-state index contributed by atoms with van der Waals surface area (Å²) in [7, 11) is 0.